The van der Waals surface area contributed by atoms with Gasteiger partial charge >= 0.3 is 6.03 Å². The Bertz CT molecular complexity index is 1410. The fourth-order valence-electron chi connectivity index (χ4n) is 3.51. The van der Waals surface area contributed by atoms with Gasteiger partial charge in [-0.2, -0.15) is 4.98 Å². The topological polar surface area (TPSA) is 97.9 Å². The Labute approximate surface area is 196 Å². The third-order valence-electron chi connectivity index (χ3n) is 5.16. The molecule has 2 amide bonds. The summed E-state index contributed by atoms with van der Waals surface area (Å²) in [4.78, 5) is 21.1. The highest BCUT2D eigenvalue weighted by Gasteiger charge is 2.13. The van der Waals surface area contributed by atoms with E-state index in [0.717, 1.165) is 22.4 Å². The average molecular weight is 451 g/mol. The first-order valence-electron chi connectivity index (χ1n) is 10.8. The molecule has 0 spiro atoms. The number of aromatic nitrogens is 4. The van der Waals surface area contributed by atoms with Crippen molar-refractivity contribution in [3.8, 4) is 23.0 Å². The molecule has 0 aliphatic carbocycles. The van der Waals surface area contributed by atoms with E-state index < -0.39 is 0 Å². The van der Waals surface area contributed by atoms with Crippen molar-refractivity contribution in [3.63, 3.8) is 0 Å². The van der Waals surface area contributed by atoms with Gasteiger partial charge in [-0.3, -0.25) is 0 Å². The molecule has 0 fully saturated rings. The van der Waals surface area contributed by atoms with Crippen LogP contribution in [0.1, 0.15) is 11.1 Å². The molecule has 2 N–H and O–H groups in total. The van der Waals surface area contributed by atoms with Crippen LogP contribution < -0.4 is 10.6 Å². The summed E-state index contributed by atoms with van der Waals surface area (Å²) in [6, 6.07) is 24.7. The molecular formula is C26H22N6O2. The summed E-state index contributed by atoms with van der Waals surface area (Å²) in [6.45, 7) is 2.59. The van der Waals surface area contributed by atoms with E-state index in [1.54, 1.807) is 6.33 Å². The van der Waals surface area contributed by atoms with Crippen molar-refractivity contribution < 1.29 is 9.32 Å². The highest BCUT2D eigenvalue weighted by molar-refractivity contribution is 5.99. The van der Waals surface area contributed by atoms with E-state index in [4.69, 9.17) is 4.52 Å². The maximum Gasteiger partial charge on any atom is 0.323 e. The van der Waals surface area contributed by atoms with Crippen LogP contribution in [0, 0.1) is 6.92 Å². The molecule has 0 saturated heterocycles. The lowest BCUT2D eigenvalue weighted by Crippen LogP contribution is -2.19. The molecule has 0 saturated carbocycles. The van der Waals surface area contributed by atoms with Crippen LogP contribution in [-0.4, -0.2) is 25.7 Å². The Morgan fingerprint density at radius 3 is 2.53 bits per heavy atom. The summed E-state index contributed by atoms with van der Waals surface area (Å²) >= 11 is 0. The summed E-state index contributed by atoms with van der Waals surface area (Å²) in [7, 11) is 0. The third-order valence-corrected chi connectivity index (χ3v) is 5.16. The zero-order valence-electron chi connectivity index (χ0n) is 18.5. The van der Waals surface area contributed by atoms with Gasteiger partial charge in [0.25, 0.3) is 5.89 Å². The molecule has 168 valence electrons. The van der Waals surface area contributed by atoms with Crippen molar-refractivity contribution in [2.45, 2.75) is 13.5 Å². The van der Waals surface area contributed by atoms with Crippen LogP contribution in [-0.2, 0) is 6.54 Å². The second kappa shape index (κ2) is 9.41. The molecule has 8 heteroatoms. The molecule has 0 aliphatic heterocycles. The molecule has 0 bridgehead atoms. The minimum atomic E-state index is -0.285. The van der Waals surface area contributed by atoms with E-state index in [0.29, 0.717) is 29.6 Å². The van der Waals surface area contributed by atoms with E-state index in [2.05, 4.69) is 25.8 Å². The highest BCUT2D eigenvalue weighted by atomic mass is 16.5. The van der Waals surface area contributed by atoms with Gasteiger partial charge in [0.1, 0.15) is 5.69 Å². The minimum absolute atomic E-state index is 0.285. The van der Waals surface area contributed by atoms with Crippen LogP contribution in [0.25, 0.3) is 23.0 Å². The molecule has 8 nitrogen and oxygen atoms in total. The average Bonchev–Trinajstić information content (AvgIpc) is 3.51. The van der Waals surface area contributed by atoms with Crippen LogP contribution in [0.4, 0.5) is 16.2 Å². The number of anilines is 2. The number of nitrogens with one attached hydrogen (secondary N) is 2. The van der Waals surface area contributed by atoms with Gasteiger partial charge in [0.05, 0.1) is 6.33 Å². The maximum absolute atomic E-state index is 12.2. The zero-order chi connectivity index (χ0) is 23.3. The van der Waals surface area contributed by atoms with Gasteiger partial charge < -0.3 is 19.7 Å². The second-order valence-electron chi connectivity index (χ2n) is 7.87. The fourth-order valence-corrected chi connectivity index (χ4v) is 3.51. The summed E-state index contributed by atoms with van der Waals surface area (Å²) in [5, 5.41) is 9.72. The van der Waals surface area contributed by atoms with Crippen molar-refractivity contribution in [2.24, 2.45) is 0 Å². The van der Waals surface area contributed by atoms with Gasteiger partial charge in [-0.15, -0.1) is 0 Å². The number of urea groups is 1. The monoisotopic (exact) mass is 450 g/mol. The summed E-state index contributed by atoms with van der Waals surface area (Å²) in [5.41, 5.74) is 5.10. The smallest absolute Gasteiger partial charge is 0.323 e. The lowest BCUT2D eigenvalue weighted by molar-refractivity contribution is 0.262. The van der Waals surface area contributed by atoms with Gasteiger partial charge in [0.2, 0.25) is 5.82 Å². The van der Waals surface area contributed by atoms with Crippen LogP contribution >= 0.6 is 0 Å². The number of hydrogen-bond acceptors (Lipinski definition) is 5. The number of hydrogen-bond donors (Lipinski definition) is 2. The summed E-state index contributed by atoms with van der Waals surface area (Å²) in [6.07, 6.45) is 3.59. The van der Waals surface area contributed by atoms with E-state index in [9.17, 15) is 4.79 Å². The molecule has 3 aromatic carbocycles. The number of nitrogens with zero attached hydrogens (tertiary/aromatic N) is 4. The summed E-state index contributed by atoms with van der Waals surface area (Å²) in [5.74, 6) is 0.899. The Hall–Kier alpha value is -4.72. The van der Waals surface area contributed by atoms with Crippen LogP contribution in [0.3, 0.4) is 0 Å². The predicted molar refractivity (Wildman–Crippen MR) is 130 cm³/mol. The fraction of sp³-hybridized carbons (Fsp3) is 0.0769. The number of imidazole rings is 1. The van der Waals surface area contributed by atoms with Gasteiger partial charge in [0.15, 0.2) is 0 Å². The van der Waals surface area contributed by atoms with Crippen LogP contribution in [0.5, 0.6) is 0 Å². The van der Waals surface area contributed by atoms with Gasteiger partial charge in [-0.25, -0.2) is 9.78 Å². The number of aryl methyl sites for hydroxylation is 1. The highest BCUT2D eigenvalue weighted by Crippen LogP contribution is 2.21. The van der Waals surface area contributed by atoms with E-state index in [1.807, 2.05) is 96.6 Å². The molecule has 5 aromatic rings. The Morgan fingerprint density at radius 2 is 1.74 bits per heavy atom. The van der Waals surface area contributed by atoms with E-state index in [1.165, 1.54) is 0 Å². The standard InChI is InChI=1S/C26H22N6O2/c1-18-6-5-9-22(14-18)29-26(33)28-21-12-10-19(11-13-21)15-32-16-23(27-17-32)25-30-24(31-34-25)20-7-3-2-4-8-20/h2-14,16-17H,15H2,1H3,(H2,28,29,33). The normalized spacial score (nSPS) is 10.7. The van der Waals surface area contributed by atoms with E-state index in [-0.39, 0.29) is 6.03 Å². The predicted octanol–water partition coefficient (Wildman–Crippen LogP) is 5.60. The van der Waals surface area contributed by atoms with E-state index >= 15 is 0 Å². The van der Waals surface area contributed by atoms with Gasteiger partial charge in [-0.05, 0) is 42.3 Å². The van der Waals surface area contributed by atoms with Crippen molar-refractivity contribution in [3.05, 3.63) is 103 Å². The quantitative estimate of drug-likeness (QED) is 0.351. The maximum atomic E-state index is 12.2. The zero-order valence-corrected chi connectivity index (χ0v) is 18.5. The Kier molecular flexibility index (Phi) is 5.85. The lowest BCUT2D eigenvalue weighted by Gasteiger charge is -2.09. The third kappa shape index (κ3) is 5.02. The van der Waals surface area contributed by atoms with Crippen molar-refractivity contribution in [1.82, 2.24) is 19.7 Å². The number of carbonyl (C=O) groups is 1. The van der Waals surface area contributed by atoms with Crippen molar-refractivity contribution >= 4 is 17.4 Å². The first-order chi connectivity index (χ1) is 16.6. The molecule has 34 heavy (non-hydrogen) atoms. The van der Waals surface area contributed by atoms with Crippen molar-refractivity contribution in [2.75, 3.05) is 10.6 Å². The lowest BCUT2D eigenvalue weighted by atomic mass is 10.2. The largest absolute Gasteiger partial charge is 0.332 e. The molecular weight excluding hydrogens is 428 g/mol. The molecule has 5 rings (SSSR count). The van der Waals surface area contributed by atoms with Gasteiger partial charge in [0, 0.05) is 29.7 Å². The molecule has 2 aromatic heterocycles. The second-order valence-corrected chi connectivity index (χ2v) is 7.87. The molecule has 2 heterocycles. The Balaban J connectivity index is 1.20. The molecule has 0 atom stereocenters. The number of rotatable bonds is 6. The Morgan fingerprint density at radius 1 is 0.941 bits per heavy atom. The molecule has 0 aliphatic rings. The summed E-state index contributed by atoms with van der Waals surface area (Å²) < 4.78 is 7.33. The first-order valence-corrected chi connectivity index (χ1v) is 10.8. The van der Waals surface area contributed by atoms with Crippen molar-refractivity contribution in [1.29, 1.82) is 0 Å². The van der Waals surface area contributed by atoms with Gasteiger partial charge in [-0.1, -0.05) is 59.8 Å². The van der Waals surface area contributed by atoms with Crippen LogP contribution in [0.15, 0.2) is 95.9 Å². The molecule has 0 unspecified atom stereocenters. The number of carbonyl (C=O) groups excluding carboxylic acids is 1. The number of benzene rings is 3. The first kappa shape index (κ1) is 21.1. The number of amides is 2. The minimum Gasteiger partial charge on any atom is -0.332 e. The molecule has 0 radical (unpaired) electrons. The van der Waals surface area contributed by atoms with Crippen LogP contribution in [0.2, 0.25) is 0 Å². The SMILES string of the molecule is Cc1cccc(NC(=O)Nc2ccc(Cn3cnc(-c4nc(-c5ccccc5)no4)c3)cc2)c1.